The molecule has 1 N–H and O–H groups in total. The lowest BCUT2D eigenvalue weighted by molar-refractivity contribution is -0.128. The summed E-state index contributed by atoms with van der Waals surface area (Å²) in [4.78, 5) is 17.1. The van der Waals surface area contributed by atoms with E-state index in [1.165, 1.54) is 0 Å². The van der Waals surface area contributed by atoms with E-state index in [9.17, 15) is 4.79 Å². The number of amides is 1. The van der Waals surface area contributed by atoms with Crippen molar-refractivity contribution in [3.63, 3.8) is 0 Å². The molecule has 1 fully saturated rings. The number of benzene rings is 1. The Balaban J connectivity index is 1.66. The molecule has 0 bridgehead atoms. The standard InChI is InChI=1S/C19H24BrN3O3/c1-10(2)16(19-22-17(23-26-19)13-6-7-13)21-18(24)12(4)25-15-8-5-11(3)9-14(15)20/h5,8-10,12-13,16H,6-7H2,1-4H3,(H,21,24). The van der Waals surface area contributed by atoms with Crippen LogP contribution < -0.4 is 10.1 Å². The van der Waals surface area contributed by atoms with Crippen molar-refractivity contribution in [2.75, 3.05) is 0 Å². The van der Waals surface area contributed by atoms with Gasteiger partial charge < -0.3 is 14.6 Å². The first kappa shape index (κ1) is 18.9. The van der Waals surface area contributed by atoms with Gasteiger partial charge in [-0.3, -0.25) is 4.79 Å². The Hall–Kier alpha value is -1.89. The average molecular weight is 422 g/mol. The minimum absolute atomic E-state index is 0.116. The van der Waals surface area contributed by atoms with E-state index in [-0.39, 0.29) is 17.9 Å². The van der Waals surface area contributed by atoms with Crippen molar-refractivity contribution in [3.8, 4) is 5.75 Å². The van der Waals surface area contributed by atoms with Crippen LogP contribution >= 0.6 is 15.9 Å². The lowest BCUT2D eigenvalue weighted by atomic mass is 10.0. The van der Waals surface area contributed by atoms with Crippen LogP contribution in [0.3, 0.4) is 0 Å². The summed E-state index contributed by atoms with van der Waals surface area (Å²) in [5.41, 5.74) is 1.11. The number of carbonyl (C=O) groups excluding carboxylic acids is 1. The summed E-state index contributed by atoms with van der Waals surface area (Å²) in [5.74, 6) is 2.14. The van der Waals surface area contributed by atoms with Gasteiger partial charge in [-0.2, -0.15) is 4.98 Å². The normalized spacial score (nSPS) is 16.4. The zero-order chi connectivity index (χ0) is 18.8. The number of hydrogen-bond donors (Lipinski definition) is 1. The van der Waals surface area contributed by atoms with E-state index in [1.807, 2.05) is 39.0 Å². The van der Waals surface area contributed by atoms with Gasteiger partial charge in [-0.05, 0) is 66.2 Å². The summed E-state index contributed by atoms with van der Waals surface area (Å²) in [5, 5.41) is 7.03. The van der Waals surface area contributed by atoms with Crippen molar-refractivity contribution in [1.29, 1.82) is 0 Å². The molecule has 140 valence electrons. The molecule has 2 aromatic rings. The van der Waals surface area contributed by atoms with Crippen LogP contribution in [0.1, 0.15) is 62.9 Å². The van der Waals surface area contributed by atoms with Crippen LogP contribution in [0, 0.1) is 12.8 Å². The molecule has 3 rings (SSSR count). The molecule has 2 atom stereocenters. The number of nitrogens with zero attached hydrogens (tertiary/aromatic N) is 2. The number of rotatable bonds is 7. The Morgan fingerprint density at radius 1 is 1.35 bits per heavy atom. The van der Waals surface area contributed by atoms with Gasteiger partial charge in [0, 0.05) is 5.92 Å². The van der Waals surface area contributed by atoms with Crippen molar-refractivity contribution in [1.82, 2.24) is 15.5 Å². The Kier molecular flexibility index (Phi) is 5.65. The first-order chi connectivity index (χ1) is 12.3. The average Bonchev–Trinajstić information content (AvgIpc) is 3.32. The van der Waals surface area contributed by atoms with Gasteiger partial charge in [-0.1, -0.05) is 25.1 Å². The molecule has 1 aliphatic carbocycles. The molecule has 26 heavy (non-hydrogen) atoms. The molecule has 1 saturated carbocycles. The molecule has 7 heteroatoms. The fourth-order valence-electron chi connectivity index (χ4n) is 2.61. The van der Waals surface area contributed by atoms with Gasteiger partial charge in [-0.15, -0.1) is 0 Å². The Labute approximate surface area is 161 Å². The molecule has 1 heterocycles. The second-order valence-electron chi connectivity index (χ2n) is 7.19. The van der Waals surface area contributed by atoms with Crippen LogP contribution in [0.2, 0.25) is 0 Å². The third kappa shape index (κ3) is 4.44. The van der Waals surface area contributed by atoms with Crippen molar-refractivity contribution in [2.45, 2.75) is 58.6 Å². The summed E-state index contributed by atoms with van der Waals surface area (Å²) in [6.45, 7) is 7.74. The highest BCUT2D eigenvalue weighted by Crippen LogP contribution is 2.38. The Morgan fingerprint density at radius 2 is 2.08 bits per heavy atom. The van der Waals surface area contributed by atoms with Crippen LogP contribution in [0.4, 0.5) is 0 Å². The Morgan fingerprint density at radius 3 is 2.69 bits per heavy atom. The monoisotopic (exact) mass is 421 g/mol. The van der Waals surface area contributed by atoms with Crippen molar-refractivity contribution in [2.24, 2.45) is 5.92 Å². The smallest absolute Gasteiger partial charge is 0.261 e. The molecular formula is C19H24BrN3O3. The van der Waals surface area contributed by atoms with Gasteiger partial charge in [-0.25, -0.2) is 0 Å². The number of carbonyl (C=O) groups is 1. The van der Waals surface area contributed by atoms with Crippen molar-refractivity contribution in [3.05, 3.63) is 40.0 Å². The van der Waals surface area contributed by atoms with Crippen molar-refractivity contribution < 1.29 is 14.1 Å². The number of hydrogen-bond acceptors (Lipinski definition) is 5. The fraction of sp³-hybridized carbons (Fsp3) is 0.526. The molecule has 0 spiro atoms. The van der Waals surface area contributed by atoms with E-state index in [0.29, 0.717) is 17.6 Å². The van der Waals surface area contributed by atoms with Crippen LogP contribution in [-0.4, -0.2) is 22.2 Å². The SMILES string of the molecule is Cc1ccc(OC(C)C(=O)NC(c2nc(C3CC3)no2)C(C)C)c(Br)c1. The third-order valence-corrected chi connectivity index (χ3v) is 5.01. The summed E-state index contributed by atoms with van der Waals surface area (Å²) in [7, 11) is 0. The van der Waals surface area contributed by atoms with E-state index < -0.39 is 6.10 Å². The number of aromatic nitrogens is 2. The molecule has 1 aromatic carbocycles. The quantitative estimate of drug-likeness (QED) is 0.720. The van der Waals surface area contributed by atoms with E-state index in [4.69, 9.17) is 9.26 Å². The molecule has 0 radical (unpaired) electrons. The first-order valence-corrected chi connectivity index (χ1v) is 9.71. The zero-order valence-electron chi connectivity index (χ0n) is 15.5. The van der Waals surface area contributed by atoms with Crippen LogP contribution in [0.5, 0.6) is 5.75 Å². The van der Waals surface area contributed by atoms with E-state index in [0.717, 1.165) is 28.7 Å². The Bertz CT molecular complexity index is 786. The minimum atomic E-state index is -0.652. The van der Waals surface area contributed by atoms with Crippen LogP contribution in [0.25, 0.3) is 0 Å². The highest BCUT2D eigenvalue weighted by atomic mass is 79.9. The number of ether oxygens (including phenoxy) is 1. The predicted molar refractivity (Wildman–Crippen MR) is 101 cm³/mol. The minimum Gasteiger partial charge on any atom is -0.480 e. The summed E-state index contributed by atoms with van der Waals surface area (Å²) in [6.07, 6.45) is 1.56. The molecule has 1 amide bonds. The maximum absolute atomic E-state index is 12.6. The van der Waals surface area contributed by atoms with Crippen LogP contribution in [-0.2, 0) is 4.79 Å². The molecule has 1 aromatic heterocycles. The van der Waals surface area contributed by atoms with E-state index >= 15 is 0 Å². The van der Waals surface area contributed by atoms with Gasteiger partial charge in [0.05, 0.1) is 4.47 Å². The van der Waals surface area contributed by atoms with Gasteiger partial charge in [0.1, 0.15) is 11.8 Å². The van der Waals surface area contributed by atoms with E-state index in [1.54, 1.807) is 6.92 Å². The van der Waals surface area contributed by atoms with Gasteiger partial charge in [0.2, 0.25) is 5.89 Å². The molecule has 6 nitrogen and oxygen atoms in total. The number of aryl methyl sites for hydroxylation is 1. The highest BCUT2D eigenvalue weighted by Gasteiger charge is 2.32. The second kappa shape index (κ2) is 7.78. The topological polar surface area (TPSA) is 77.2 Å². The number of nitrogens with one attached hydrogen (secondary N) is 1. The lowest BCUT2D eigenvalue weighted by Gasteiger charge is -2.22. The maximum atomic E-state index is 12.6. The molecule has 1 aliphatic rings. The van der Waals surface area contributed by atoms with Gasteiger partial charge >= 0.3 is 0 Å². The summed E-state index contributed by atoms with van der Waals surface area (Å²) >= 11 is 3.47. The first-order valence-electron chi connectivity index (χ1n) is 8.92. The molecule has 2 unspecified atom stereocenters. The second-order valence-corrected chi connectivity index (χ2v) is 8.04. The summed E-state index contributed by atoms with van der Waals surface area (Å²) in [6, 6.07) is 5.41. The maximum Gasteiger partial charge on any atom is 0.261 e. The largest absolute Gasteiger partial charge is 0.480 e. The highest BCUT2D eigenvalue weighted by molar-refractivity contribution is 9.10. The third-order valence-electron chi connectivity index (χ3n) is 4.39. The van der Waals surface area contributed by atoms with Crippen LogP contribution in [0.15, 0.2) is 27.2 Å². The van der Waals surface area contributed by atoms with Crippen molar-refractivity contribution >= 4 is 21.8 Å². The fourth-order valence-corrected chi connectivity index (χ4v) is 3.20. The molecule has 0 saturated heterocycles. The number of halogens is 1. The lowest BCUT2D eigenvalue weighted by Crippen LogP contribution is -2.40. The molecule has 0 aliphatic heterocycles. The van der Waals surface area contributed by atoms with Gasteiger partial charge in [0.25, 0.3) is 5.91 Å². The van der Waals surface area contributed by atoms with E-state index in [2.05, 4.69) is 31.4 Å². The summed E-state index contributed by atoms with van der Waals surface area (Å²) < 4.78 is 12.0. The van der Waals surface area contributed by atoms with Gasteiger partial charge in [0.15, 0.2) is 11.9 Å². The zero-order valence-corrected chi connectivity index (χ0v) is 17.0. The predicted octanol–water partition coefficient (Wildman–Crippen LogP) is 4.30. The molecular weight excluding hydrogens is 398 g/mol.